The van der Waals surface area contributed by atoms with E-state index in [1.807, 2.05) is 0 Å². The number of carbonyl (C=O) groups is 5. The lowest BCUT2D eigenvalue weighted by Crippen LogP contribution is -2.67. The standard InChI is InChI=1S/C28H29N3O11S/c1-15-9-11-19(12-10-15)43(37,38)30-29-13-22-24(31-27(35)20-7-5-6-8-21(20)28(31)36)26(41-18(4)34)25(40-17(3)33)23(42-22)14-39-16(2)32/h5-13,22-26,30H,14H2,1-4H3/b29-13-/t22-,23+,24-,25+,26+/m0/s1. The lowest BCUT2D eigenvalue weighted by Gasteiger charge is -2.46. The van der Waals surface area contributed by atoms with Crippen LogP contribution in [0.2, 0.25) is 0 Å². The van der Waals surface area contributed by atoms with Crippen molar-refractivity contribution in [2.24, 2.45) is 5.10 Å². The molecule has 1 fully saturated rings. The van der Waals surface area contributed by atoms with Gasteiger partial charge in [0.05, 0.1) is 22.2 Å². The number of benzene rings is 2. The summed E-state index contributed by atoms with van der Waals surface area (Å²) in [5, 5.41) is 3.82. The van der Waals surface area contributed by atoms with E-state index in [0.29, 0.717) is 0 Å². The molecule has 0 saturated carbocycles. The fourth-order valence-electron chi connectivity index (χ4n) is 4.79. The minimum absolute atomic E-state index is 0.0657. The van der Waals surface area contributed by atoms with Crippen LogP contribution in [-0.4, -0.2) is 86.3 Å². The zero-order chi connectivity index (χ0) is 31.5. The summed E-state index contributed by atoms with van der Waals surface area (Å²) < 4.78 is 47.7. The Balaban J connectivity index is 1.78. The summed E-state index contributed by atoms with van der Waals surface area (Å²) >= 11 is 0. The van der Waals surface area contributed by atoms with E-state index in [1.54, 1.807) is 31.2 Å². The number of hydrogen-bond acceptors (Lipinski definition) is 12. The van der Waals surface area contributed by atoms with Gasteiger partial charge in [0.2, 0.25) is 0 Å². The molecule has 43 heavy (non-hydrogen) atoms. The molecule has 1 N–H and O–H groups in total. The number of amides is 2. The molecule has 0 spiro atoms. The van der Waals surface area contributed by atoms with E-state index >= 15 is 0 Å². The SMILES string of the molecule is CC(=O)OC[C@H]1O[C@@H](/C=N\NS(=O)(=O)c2ccc(C)cc2)[C@H](N2C(=O)c3ccccc3C2=O)[C@@H](OC(C)=O)[C@@H]1OC(C)=O. The van der Waals surface area contributed by atoms with Crippen LogP contribution in [-0.2, 0) is 43.4 Å². The van der Waals surface area contributed by atoms with Crippen molar-refractivity contribution in [3.63, 3.8) is 0 Å². The van der Waals surface area contributed by atoms with Gasteiger partial charge in [-0.05, 0) is 31.2 Å². The molecule has 0 bridgehead atoms. The molecule has 2 aliphatic rings. The molecule has 2 aliphatic heterocycles. The Hall–Kier alpha value is -4.63. The second-order valence-corrected chi connectivity index (χ2v) is 11.5. The maximum atomic E-state index is 13.5. The van der Waals surface area contributed by atoms with Crippen LogP contribution in [0.3, 0.4) is 0 Å². The van der Waals surface area contributed by atoms with Gasteiger partial charge < -0.3 is 18.9 Å². The number of imide groups is 1. The third-order valence-electron chi connectivity index (χ3n) is 6.60. The molecular formula is C28H29N3O11S. The number of fused-ring (bicyclic) bond motifs is 1. The molecule has 0 aliphatic carbocycles. The smallest absolute Gasteiger partial charge is 0.303 e. The molecule has 0 aromatic heterocycles. The van der Waals surface area contributed by atoms with E-state index < -0.39 is 76.8 Å². The van der Waals surface area contributed by atoms with Crippen molar-refractivity contribution in [2.75, 3.05) is 6.61 Å². The summed E-state index contributed by atoms with van der Waals surface area (Å²) in [7, 11) is -4.15. The predicted molar refractivity (Wildman–Crippen MR) is 147 cm³/mol. The monoisotopic (exact) mass is 615 g/mol. The molecule has 1 saturated heterocycles. The maximum absolute atomic E-state index is 13.5. The highest BCUT2D eigenvalue weighted by Crippen LogP contribution is 2.34. The third-order valence-corrected chi connectivity index (χ3v) is 7.84. The van der Waals surface area contributed by atoms with E-state index in [9.17, 15) is 32.4 Å². The number of esters is 3. The van der Waals surface area contributed by atoms with Gasteiger partial charge in [-0.1, -0.05) is 29.8 Å². The van der Waals surface area contributed by atoms with Crippen molar-refractivity contribution >= 4 is 46.0 Å². The second kappa shape index (κ2) is 12.7. The molecule has 228 valence electrons. The number of hydrazone groups is 1. The number of nitrogens with one attached hydrogen (secondary N) is 1. The lowest BCUT2D eigenvalue weighted by molar-refractivity contribution is -0.219. The average molecular weight is 616 g/mol. The van der Waals surface area contributed by atoms with Crippen molar-refractivity contribution in [1.82, 2.24) is 9.73 Å². The molecule has 14 nitrogen and oxygen atoms in total. The summed E-state index contributed by atoms with van der Waals surface area (Å²) in [5.41, 5.74) is 0.964. The summed E-state index contributed by atoms with van der Waals surface area (Å²) in [6, 6.07) is 10.4. The Kier molecular flexibility index (Phi) is 9.25. The Morgan fingerprint density at radius 1 is 0.907 bits per heavy atom. The average Bonchev–Trinajstić information content (AvgIpc) is 3.18. The summed E-state index contributed by atoms with van der Waals surface area (Å²) in [5.74, 6) is -3.90. The zero-order valence-electron chi connectivity index (χ0n) is 23.6. The van der Waals surface area contributed by atoms with Gasteiger partial charge in [-0.25, -0.2) is 4.83 Å². The van der Waals surface area contributed by atoms with Crippen LogP contribution in [0.25, 0.3) is 0 Å². The normalized spacial score (nSPS) is 23.5. The van der Waals surface area contributed by atoms with Gasteiger partial charge in [-0.15, -0.1) is 0 Å². The van der Waals surface area contributed by atoms with Crippen LogP contribution in [0.5, 0.6) is 0 Å². The van der Waals surface area contributed by atoms with Crippen LogP contribution in [0.15, 0.2) is 58.5 Å². The number of nitrogens with zero attached hydrogens (tertiary/aromatic N) is 2. The van der Waals surface area contributed by atoms with Crippen molar-refractivity contribution in [2.45, 2.75) is 63.0 Å². The maximum Gasteiger partial charge on any atom is 0.303 e. The molecule has 15 heteroatoms. The van der Waals surface area contributed by atoms with Crippen LogP contribution in [0.1, 0.15) is 47.1 Å². The summed E-state index contributed by atoms with van der Waals surface area (Å²) in [6.07, 6.45) is -4.75. The molecule has 4 rings (SSSR count). The lowest BCUT2D eigenvalue weighted by atomic mass is 9.91. The highest BCUT2D eigenvalue weighted by Gasteiger charge is 2.56. The molecule has 2 aromatic rings. The Morgan fingerprint density at radius 2 is 1.47 bits per heavy atom. The van der Waals surface area contributed by atoms with Crippen molar-refractivity contribution < 1.29 is 51.3 Å². The topological polar surface area (TPSA) is 184 Å². The summed E-state index contributed by atoms with van der Waals surface area (Å²) in [6.45, 7) is 4.58. The fourth-order valence-corrected chi connectivity index (χ4v) is 5.59. The third kappa shape index (κ3) is 6.89. The van der Waals surface area contributed by atoms with Gasteiger partial charge in [0, 0.05) is 20.8 Å². The Bertz CT molecular complexity index is 1540. The van der Waals surface area contributed by atoms with E-state index in [4.69, 9.17) is 18.9 Å². The van der Waals surface area contributed by atoms with E-state index in [0.717, 1.165) is 37.4 Å². The number of sulfonamides is 1. The first-order chi connectivity index (χ1) is 20.3. The quantitative estimate of drug-likeness (QED) is 0.140. The minimum atomic E-state index is -4.15. The first kappa shape index (κ1) is 31.3. The molecule has 0 radical (unpaired) electrons. The molecule has 0 unspecified atom stereocenters. The van der Waals surface area contributed by atoms with Gasteiger partial charge in [-0.3, -0.25) is 28.9 Å². The van der Waals surface area contributed by atoms with Crippen LogP contribution in [0.4, 0.5) is 0 Å². The van der Waals surface area contributed by atoms with Crippen molar-refractivity contribution in [1.29, 1.82) is 0 Å². The van der Waals surface area contributed by atoms with Gasteiger partial charge >= 0.3 is 17.9 Å². The van der Waals surface area contributed by atoms with Gasteiger partial charge in [0.15, 0.2) is 12.2 Å². The minimum Gasteiger partial charge on any atom is -0.463 e. The van der Waals surface area contributed by atoms with Crippen LogP contribution >= 0.6 is 0 Å². The van der Waals surface area contributed by atoms with E-state index in [2.05, 4.69) is 9.93 Å². The van der Waals surface area contributed by atoms with Crippen molar-refractivity contribution in [3.05, 3.63) is 65.2 Å². The largest absolute Gasteiger partial charge is 0.463 e. The number of aryl methyl sites for hydroxylation is 1. The highest BCUT2D eigenvalue weighted by molar-refractivity contribution is 7.89. The number of ether oxygens (including phenoxy) is 4. The van der Waals surface area contributed by atoms with E-state index in [1.165, 1.54) is 24.3 Å². The second-order valence-electron chi connectivity index (χ2n) is 9.79. The molecular weight excluding hydrogens is 586 g/mol. The zero-order valence-corrected chi connectivity index (χ0v) is 24.4. The number of rotatable bonds is 9. The van der Waals surface area contributed by atoms with Crippen molar-refractivity contribution in [3.8, 4) is 0 Å². The highest BCUT2D eigenvalue weighted by atomic mass is 32.2. The molecule has 2 heterocycles. The Labute approximate surface area is 247 Å². The van der Waals surface area contributed by atoms with Gasteiger partial charge in [-0.2, -0.15) is 13.5 Å². The number of carbonyl (C=O) groups excluding carboxylic acids is 5. The number of hydrogen-bond donors (Lipinski definition) is 1. The first-order valence-corrected chi connectivity index (χ1v) is 14.5. The van der Waals surface area contributed by atoms with Crippen LogP contribution < -0.4 is 4.83 Å². The van der Waals surface area contributed by atoms with Gasteiger partial charge in [0.1, 0.15) is 24.9 Å². The fraction of sp³-hybridized carbons (Fsp3) is 0.357. The molecule has 5 atom stereocenters. The first-order valence-electron chi connectivity index (χ1n) is 13.0. The summed E-state index contributed by atoms with van der Waals surface area (Å²) in [4.78, 5) is 65.8. The van der Waals surface area contributed by atoms with Crippen LogP contribution in [0, 0.1) is 6.92 Å². The Morgan fingerprint density at radius 3 is 2.00 bits per heavy atom. The van der Waals surface area contributed by atoms with E-state index in [-0.39, 0.29) is 16.0 Å². The molecule has 2 aromatic carbocycles. The van der Waals surface area contributed by atoms with Gasteiger partial charge in [0.25, 0.3) is 21.8 Å². The molecule has 2 amide bonds. The predicted octanol–water partition coefficient (Wildman–Crippen LogP) is 1.12.